The number of carbonyl (C=O) groups is 3. The van der Waals surface area contributed by atoms with Crippen molar-refractivity contribution < 1.29 is 19.5 Å². The van der Waals surface area contributed by atoms with Crippen molar-refractivity contribution >= 4 is 17.8 Å². The van der Waals surface area contributed by atoms with E-state index < -0.39 is 5.54 Å². The molecular weight excluding hydrogens is 384 g/mol. The Labute approximate surface area is 175 Å². The van der Waals surface area contributed by atoms with Crippen LogP contribution in [0.1, 0.15) is 28.9 Å². The maximum Gasteiger partial charge on any atom is 0.328 e. The summed E-state index contributed by atoms with van der Waals surface area (Å²) in [6.45, 7) is 0.809. The standard InChI is InChI=1S/C22H26N4O4/c1-23-11-5-8-18(23)19(28)24-12-9-22(10-13-24)20(29)25(14-15-27)21(30)26(22)16-17-6-3-2-4-7-17/h2-8,11,27H,9-10,12-16H2,1H3. The summed E-state index contributed by atoms with van der Waals surface area (Å²) < 4.78 is 1.78. The van der Waals surface area contributed by atoms with Gasteiger partial charge in [0, 0.05) is 32.9 Å². The maximum atomic E-state index is 13.3. The fourth-order valence-corrected chi connectivity index (χ4v) is 4.47. The molecule has 3 heterocycles. The highest BCUT2D eigenvalue weighted by Crippen LogP contribution is 2.38. The summed E-state index contributed by atoms with van der Waals surface area (Å²) in [5, 5.41) is 9.35. The maximum absolute atomic E-state index is 13.3. The summed E-state index contributed by atoms with van der Waals surface area (Å²) in [4.78, 5) is 43.7. The van der Waals surface area contributed by atoms with Crippen molar-refractivity contribution in [1.29, 1.82) is 0 Å². The Balaban J connectivity index is 1.58. The Kier molecular flexibility index (Phi) is 5.34. The van der Waals surface area contributed by atoms with Crippen LogP contribution < -0.4 is 0 Å². The number of aryl methyl sites for hydroxylation is 1. The molecule has 0 atom stereocenters. The largest absolute Gasteiger partial charge is 0.395 e. The highest BCUT2D eigenvalue weighted by Gasteiger charge is 2.58. The number of nitrogens with zero attached hydrogens (tertiary/aromatic N) is 4. The van der Waals surface area contributed by atoms with Gasteiger partial charge in [-0.15, -0.1) is 0 Å². The SMILES string of the molecule is Cn1cccc1C(=O)N1CCC2(CC1)C(=O)N(CCO)C(=O)N2Cc1ccccc1. The fraction of sp³-hybridized carbons (Fsp3) is 0.409. The molecule has 2 aromatic rings. The molecule has 2 fully saturated rings. The van der Waals surface area contributed by atoms with E-state index in [0.717, 1.165) is 10.5 Å². The molecule has 158 valence electrons. The number of benzene rings is 1. The minimum Gasteiger partial charge on any atom is -0.395 e. The topological polar surface area (TPSA) is 86.1 Å². The third kappa shape index (κ3) is 3.27. The molecule has 2 aliphatic rings. The van der Waals surface area contributed by atoms with Crippen molar-refractivity contribution in [3.8, 4) is 0 Å². The molecule has 8 nitrogen and oxygen atoms in total. The minimum absolute atomic E-state index is 0.0172. The van der Waals surface area contributed by atoms with Crippen LogP contribution in [0.25, 0.3) is 0 Å². The first kappa shape index (κ1) is 20.2. The molecule has 4 rings (SSSR count). The number of imide groups is 1. The van der Waals surface area contributed by atoms with Crippen LogP contribution in [0, 0.1) is 0 Å². The molecule has 0 saturated carbocycles. The number of likely N-dealkylation sites (tertiary alicyclic amines) is 1. The Hall–Kier alpha value is -3.13. The molecule has 4 amide bonds. The first-order valence-corrected chi connectivity index (χ1v) is 10.2. The molecule has 0 aliphatic carbocycles. The Morgan fingerprint density at radius 1 is 1.07 bits per heavy atom. The number of carbonyl (C=O) groups excluding carboxylic acids is 3. The number of hydrogen-bond acceptors (Lipinski definition) is 4. The van der Waals surface area contributed by atoms with Crippen LogP contribution in [0.2, 0.25) is 0 Å². The number of aliphatic hydroxyl groups is 1. The zero-order valence-corrected chi connectivity index (χ0v) is 17.0. The Morgan fingerprint density at radius 3 is 2.37 bits per heavy atom. The Bertz CT molecular complexity index is 947. The van der Waals surface area contributed by atoms with E-state index >= 15 is 0 Å². The number of piperidine rings is 1. The number of aromatic nitrogens is 1. The number of β-amino-alcohol motifs (C(OH)–C–C–N with tert-alkyl or cyclic N) is 1. The first-order valence-electron chi connectivity index (χ1n) is 10.2. The average molecular weight is 410 g/mol. The van der Waals surface area contributed by atoms with Crippen LogP contribution in [0.3, 0.4) is 0 Å². The highest BCUT2D eigenvalue weighted by atomic mass is 16.3. The average Bonchev–Trinajstić information content (AvgIpc) is 3.27. The van der Waals surface area contributed by atoms with Crippen LogP contribution in [-0.2, 0) is 18.4 Å². The van der Waals surface area contributed by atoms with Gasteiger partial charge < -0.3 is 19.5 Å². The monoisotopic (exact) mass is 410 g/mol. The number of urea groups is 1. The van der Waals surface area contributed by atoms with Gasteiger partial charge in [0.15, 0.2) is 0 Å². The second kappa shape index (κ2) is 7.95. The summed E-state index contributed by atoms with van der Waals surface area (Å²) >= 11 is 0. The van der Waals surface area contributed by atoms with Crippen LogP contribution in [0.15, 0.2) is 48.7 Å². The van der Waals surface area contributed by atoms with E-state index in [1.54, 1.807) is 20.4 Å². The molecule has 0 bridgehead atoms. The van der Waals surface area contributed by atoms with Crippen LogP contribution in [0.4, 0.5) is 4.79 Å². The van der Waals surface area contributed by atoms with Crippen molar-refractivity contribution in [3.05, 3.63) is 59.9 Å². The van der Waals surface area contributed by atoms with Gasteiger partial charge in [-0.3, -0.25) is 14.5 Å². The normalized spacial score (nSPS) is 18.5. The lowest BCUT2D eigenvalue weighted by molar-refractivity contribution is -0.135. The van der Waals surface area contributed by atoms with Gasteiger partial charge in [0.25, 0.3) is 11.8 Å². The van der Waals surface area contributed by atoms with Crippen molar-refractivity contribution in [1.82, 2.24) is 19.3 Å². The summed E-state index contributed by atoms with van der Waals surface area (Å²) in [7, 11) is 1.83. The van der Waals surface area contributed by atoms with Gasteiger partial charge >= 0.3 is 6.03 Å². The van der Waals surface area contributed by atoms with Crippen molar-refractivity contribution in [3.63, 3.8) is 0 Å². The molecule has 1 aromatic heterocycles. The molecule has 1 aromatic carbocycles. The van der Waals surface area contributed by atoms with Crippen molar-refractivity contribution in [2.45, 2.75) is 24.9 Å². The van der Waals surface area contributed by atoms with E-state index in [-0.39, 0.29) is 31.0 Å². The predicted molar refractivity (Wildman–Crippen MR) is 109 cm³/mol. The van der Waals surface area contributed by atoms with Gasteiger partial charge in [0.1, 0.15) is 11.2 Å². The van der Waals surface area contributed by atoms with Crippen LogP contribution >= 0.6 is 0 Å². The van der Waals surface area contributed by atoms with Gasteiger partial charge in [-0.2, -0.15) is 0 Å². The van der Waals surface area contributed by atoms with E-state index in [1.807, 2.05) is 49.6 Å². The molecule has 2 aliphatic heterocycles. The van der Waals surface area contributed by atoms with E-state index in [1.165, 1.54) is 0 Å². The molecule has 1 spiro atoms. The number of amides is 4. The van der Waals surface area contributed by atoms with Gasteiger partial charge in [-0.05, 0) is 30.5 Å². The zero-order valence-electron chi connectivity index (χ0n) is 17.0. The van der Waals surface area contributed by atoms with E-state index in [4.69, 9.17) is 0 Å². The summed E-state index contributed by atoms with van der Waals surface area (Å²) in [6, 6.07) is 12.8. The third-order valence-electron chi connectivity index (χ3n) is 6.17. The van der Waals surface area contributed by atoms with Crippen LogP contribution in [0.5, 0.6) is 0 Å². The predicted octanol–water partition coefficient (Wildman–Crippen LogP) is 1.46. The van der Waals surface area contributed by atoms with E-state index in [2.05, 4.69) is 0 Å². The molecule has 30 heavy (non-hydrogen) atoms. The zero-order chi connectivity index (χ0) is 21.3. The first-order chi connectivity index (χ1) is 14.5. The summed E-state index contributed by atoms with van der Waals surface area (Å²) in [6.07, 6.45) is 2.58. The molecular formula is C22H26N4O4. The van der Waals surface area contributed by atoms with Gasteiger partial charge in [0.2, 0.25) is 0 Å². The number of rotatable bonds is 5. The number of aliphatic hydroxyl groups excluding tert-OH is 1. The molecule has 0 radical (unpaired) electrons. The van der Waals surface area contributed by atoms with Crippen molar-refractivity contribution in [2.24, 2.45) is 7.05 Å². The second-order valence-electron chi connectivity index (χ2n) is 7.86. The molecule has 1 N–H and O–H groups in total. The Morgan fingerprint density at radius 2 is 1.77 bits per heavy atom. The molecule has 8 heteroatoms. The van der Waals surface area contributed by atoms with E-state index in [0.29, 0.717) is 38.2 Å². The van der Waals surface area contributed by atoms with Gasteiger partial charge in [0.05, 0.1) is 13.2 Å². The third-order valence-corrected chi connectivity index (χ3v) is 6.17. The number of hydrogen-bond donors (Lipinski definition) is 1. The molecule has 2 saturated heterocycles. The molecule has 0 unspecified atom stereocenters. The second-order valence-corrected chi connectivity index (χ2v) is 7.86. The smallest absolute Gasteiger partial charge is 0.328 e. The lowest BCUT2D eigenvalue weighted by atomic mass is 9.85. The van der Waals surface area contributed by atoms with Gasteiger partial charge in [-0.25, -0.2) is 4.79 Å². The van der Waals surface area contributed by atoms with Gasteiger partial charge in [-0.1, -0.05) is 30.3 Å². The quantitative estimate of drug-likeness (QED) is 0.756. The highest BCUT2D eigenvalue weighted by molar-refractivity contribution is 6.07. The van der Waals surface area contributed by atoms with Crippen LogP contribution in [-0.4, -0.2) is 74.0 Å². The van der Waals surface area contributed by atoms with E-state index in [9.17, 15) is 19.5 Å². The minimum atomic E-state index is -0.979. The fourth-order valence-electron chi connectivity index (χ4n) is 4.47. The lowest BCUT2D eigenvalue weighted by Gasteiger charge is -2.42. The summed E-state index contributed by atoms with van der Waals surface area (Å²) in [5.41, 5.74) is 0.557. The summed E-state index contributed by atoms with van der Waals surface area (Å²) in [5.74, 6) is -0.348. The lowest BCUT2D eigenvalue weighted by Crippen LogP contribution is -2.57. The van der Waals surface area contributed by atoms with Crippen molar-refractivity contribution in [2.75, 3.05) is 26.2 Å².